The lowest BCUT2D eigenvalue weighted by molar-refractivity contribution is -0.121. The Kier molecular flexibility index (Phi) is 6.55. The van der Waals surface area contributed by atoms with Crippen LogP contribution in [0.25, 0.3) is 0 Å². The van der Waals surface area contributed by atoms with Crippen molar-refractivity contribution in [2.45, 2.75) is 46.6 Å². The van der Waals surface area contributed by atoms with Crippen molar-refractivity contribution in [3.05, 3.63) is 57.9 Å². The van der Waals surface area contributed by atoms with E-state index in [4.69, 9.17) is 4.74 Å². The highest BCUT2D eigenvalue weighted by Crippen LogP contribution is 2.21. The molecule has 1 heterocycles. The van der Waals surface area contributed by atoms with E-state index in [0.29, 0.717) is 17.0 Å². The molecular formula is C21H26N2O4. The van der Waals surface area contributed by atoms with Crippen LogP contribution in [0.5, 0.6) is 0 Å². The van der Waals surface area contributed by atoms with Crippen LogP contribution in [0.2, 0.25) is 0 Å². The number of hydrogen-bond acceptors (Lipinski definition) is 4. The molecule has 2 N–H and O–H groups in total. The van der Waals surface area contributed by atoms with Gasteiger partial charge in [-0.25, -0.2) is 4.79 Å². The van der Waals surface area contributed by atoms with Gasteiger partial charge < -0.3 is 15.0 Å². The van der Waals surface area contributed by atoms with E-state index >= 15 is 0 Å². The fraction of sp³-hybridized carbons (Fsp3) is 0.381. The molecule has 0 saturated heterocycles. The number of Topliss-reactive ketones (excluding diaryl/α,β-unsaturated/α-hetero) is 1. The number of carbonyl (C=O) groups excluding carboxylic acids is 3. The first-order valence-electron chi connectivity index (χ1n) is 8.97. The summed E-state index contributed by atoms with van der Waals surface area (Å²) in [5, 5.41) is 2.93. The first-order valence-corrected chi connectivity index (χ1v) is 8.97. The van der Waals surface area contributed by atoms with Crippen LogP contribution in [0.4, 0.5) is 0 Å². The van der Waals surface area contributed by atoms with Crippen LogP contribution < -0.4 is 5.32 Å². The number of amides is 1. The Balaban J connectivity index is 2.17. The second kappa shape index (κ2) is 8.66. The van der Waals surface area contributed by atoms with Crippen LogP contribution in [0, 0.1) is 6.92 Å². The lowest BCUT2D eigenvalue weighted by Gasteiger charge is -2.15. The van der Waals surface area contributed by atoms with E-state index in [2.05, 4.69) is 17.2 Å². The molecule has 1 amide bonds. The van der Waals surface area contributed by atoms with Gasteiger partial charge in [-0.3, -0.25) is 9.59 Å². The molecule has 0 spiro atoms. The summed E-state index contributed by atoms with van der Waals surface area (Å²) in [6.07, 6.45) is 0.915. The molecule has 0 bridgehead atoms. The van der Waals surface area contributed by atoms with Crippen molar-refractivity contribution in [1.29, 1.82) is 0 Å². The van der Waals surface area contributed by atoms with Crippen LogP contribution in [0.15, 0.2) is 24.3 Å². The van der Waals surface area contributed by atoms with Gasteiger partial charge in [0.1, 0.15) is 0 Å². The minimum atomic E-state index is -0.567. The number of aryl methyl sites for hydroxylation is 1. The number of nitrogens with one attached hydrogen (secondary N) is 2. The maximum atomic E-state index is 12.5. The SMILES string of the molecule is CCc1ccc(C(C)NC(=O)Cc2[nH]c(C(C)=O)c(C)c2C(=O)OC)cc1. The molecule has 2 aromatic rings. The standard InChI is InChI=1S/C21H26N2O4/c1-6-15-7-9-16(10-8-15)13(3)22-18(25)11-17-19(21(26)27-5)12(2)20(23-17)14(4)24/h7-10,13,23H,6,11H2,1-5H3,(H,22,25). The predicted octanol–water partition coefficient (Wildman–Crippen LogP) is 3.29. The number of H-pyrrole nitrogens is 1. The molecule has 1 atom stereocenters. The van der Waals surface area contributed by atoms with E-state index in [1.165, 1.54) is 19.6 Å². The van der Waals surface area contributed by atoms with Crippen molar-refractivity contribution < 1.29 is 19.1 Å². The molecule has 0 radical (unpaired) electrons. The van der Waals surface area contributed by atoms with Gasteiger partial charge >= 0.3 is 5.97 Å². The molecule has 1 unspecified atom stereocenters. The average Bonchev–Trinajstić information content (AvgIpc) is 2.97. The summed E-state index contributed by atoms with van der Waals surface area (Å²) >= 11 is 0. The number of aromatic nitrogens is 1. The zero-order chi connectivity index (χ0) is 20.1. The lowest BCUT2D eigenvalue weighted by Crippen LogP contribution is -2.28. The molecule has 27 heavy (non-hydrogen) atoms. The topological polar surface area (TPSA) is 88.3 Å². The molecule has 0 aliphatic rings. The largest absolute Gasteiger partial charge is 0.465 e. The van der Waals surface area contributed by atoms with Crippen molar-refractivity contribution in [1.82, 2.24) is 10.3 Å². The van der Waals surface area contributed by atoms with Crippen molar-refractivity contribution in [2.75, 3.05) is 7.11 Å². The normalized spacial score (nSPS) is 11.7. The van der Waals surface area contributed by atoms with Gasteiger partial charge in [-0.15, -0.1) is 0 Å². The highest BCUT2D eigenvalue weighted by Gasteiger charge is 2.24. The lowest BCUT2D eigenvalue weighted by atomic mass is 10.0. The van der Waals surface area contributed by atoms with Crippen molar-refractivity contribution >= 4 is 17.7 Å². The van der Waals surface area contributed by atoms with Crippen LogP contribution in [-0.2, 0) is 22.4 Å². The summed E-state index contributed by atoms with van der Waals surface area (Å²) in [5.41, 5.74) is 3.69. The van der Waals surface area contributed by atoms with Crippen molar-refractivity contribution in [3.63, 3.8) is 0 Å². The Hall–Kier alpha value is -2.89. The quantitative estimate of drug-likeness (QED) is 0.578. The van der Waals surface area contributed by atoms with Crippen LogP contribution in [0.3, 0.4) is 0 Å². The van der Waals surface area contributed by atoms with E-state index in [1.807, 2.05) is 31.2 Å². The Morgan fingerprint density at radius 1 is 1.19 bits per heavy atom. The first kappa shape index (κ1) is 20.4. The summed E-state index contributed by atoms with van der Waals surface area (Å²) in [5.74, 6) is -1.01. The zero-order valence-electron chi connectivity index (χ0n) is 16.4. The molecule has 0 fully saturated rings. The molecule has 0 saturated carbocycles. The van der Waals surface area contributed by atoms with E-state index in [-0.39, 0.29) is 29.7 Å². The third-order valence-corrected chi connectivity index (χ3v) is 4.67. The Labute approximate surface area is 159 Å². The fourth-order valence-corrected chi connectivity index (χ4v) is 3.10. The van der Waals surface area contributed by atoms with Gasteiger partial charge in [-0.1, -0.05) is 31.2 Å². The van der Waals surface area contributed by atoms with Gasteiger partial charge in [-0.05, 0) is 37.0 Å². The second-order valence-electron chi connectivity index (χ2n) is 6.59. The fourth-order valence-electron chi connectivity index (χ4n) is 3.10. The molecule has 1 aromatic carbocycles. The number of carbonyl (C=O) groups is 3. The number of ketones is 1. The number of aromatic amines is 1. The second-order valence-corrected chi connectivity index (χ2v) is 6.59. The van der Waals surface area contributed by atoms with E-state index in [1.54, 1.807) is 6.92 Å². The van der Waals surface area contributed by atoms with Crippen molar-refractivity contribution in [2.24, 2.45) is 0 Å². The zero-order valence-corrected chi connectivity index (χ0v) is 16.4. The van der Waals surface area contributed by atoms with Gasteiger partial charge in [0.15, 0.2) is 5.78 Å². The van der Waals surface area contributed by atoms with E-state index in [0.717, 1.165) is 12.0 Å². The van der Waals surface area contributed by atoms with Crippen LogP contribution >= 0.6 is 0 Å². The summed E-state index contributed by atoms with van der Waals surface area (Å²) in [6, 6.07) is 7.90. The number of methoxy groups -OCH3 is 1. The monoisotopic (exact) mass is 370 g/mol. The molecule has 0 aliphatic carbocycles. The summed E-state index contributed by atoms with van der Waals surface area (Å²) in [4.78, 5) is 39.3. The molecule has 144 valence electrons. The van der Waals surface area contributed by atoms with Gasteiger partial charge in [0, 0.05) is 12.6 Å². The van der Waals surface area contributed by atoms with Gasteiger partial charge in [0.05, 0.1) is 30.8 Å². The van der Waals surface area contributed by atoms with E-state index < -0.39 is 5.97 Å². The summed E-state index contributed by atoms with van der Waals surface area (Å²) in [6.45, 7) is 7.07. The molecular weight excluding hydrogens is 344 g/mol. The third kappa shape index (κ3) is 4.64. The number of esters is 1. The smallest absolute Gasteiger partial charge is 0.339 e. The van der Waals surface area contributed by atoms with Crippen LogP contribution in [0.1, 0.15) is 70.0 Å². The highest BCUT2D eigenvalue weighted by molar-refractivity contribution is 6.01. The molecule has 2 rings (SSSR count). The number of benzene rings is 1. The number of rotatable bonds is 7. The van der Waals surface area contributed by atoms with Gasteiger partial charge in [0.2, 0.25) is 5.91 Å². The van der Waals surface area contributed by atoms with Gasteiger partial charge in [0.25, 0.3) is 0 Å². The number of hydrogen-bond donors (Lipinski definition) is 2. The minimum absolute atomic E-state index is 0.0457. The molecule has 1 aromatic heterocycles. The molecule has 0 aliphatic heterocycles. The highest BCUT2D eigenvalue weighted by atomic mass is 16.5. The maximum Gasteiger partial charge on any atom is 0.339 e. The van der Waals surface area contributed by atoms with E-state index in [9.17, 15) is 14.4 Å². The summed E-state index contributed by atoms with van der Waals surface area (Å²) < 4.78 is 4.80. The average molecular weight is 370 g/mol. The first-order chi connectivity index (χ1) is 12.8. The van der Waals surface area contributed by atoms with Crippen LogP contribution in [-0.4, -0.2) is 29.8 Å². The molecule has 6 nitrogen and oxygen atoms in total. The third-order valence-electron chi connectivity index (χ3n) is 4.67. The Bertz CT molecular complexity index is 850. The Morgan fingerprint density at radius 3 is 2.33 bits per heavy atom. The predicted molar refractivity (Wildman–Crippen MR) is 103 cm³/mol. The minimum Gasteiger partial charge on any atom is -0.465 e. The van der Waals surface area contributed by atoms with Crippen molar-refractivity contribution in [3.8, 4) is 0 Å². The number of ether oxygens (including phenoxy) is 1. The maximum absolute atomic E-state index is 12.5. The summed E-state index contributed by atoms with van der Waals surface area (Å²) in [7, 11) is 1.27. The Morgan fingerprint density at radius 2 is 1.81 bits per heavy atom. The molecule has 6 heteroatoms. The van der Waals surface area contributed by atoms with Gasteiger partial charge in [-0.2, -0.15) is 0 Å².